The van der Waals surface area contributed by atoms with Crippen LogP contribution in [0.1, 0.15) is 19.4 Å². The molecule has 7 heteroatoms. The molecule has 1 aliphatic rings. The molecule has 0 radical (unpaired) electrons. The molecule has 0 amide bonds. The van der Waals surface area contributed by atoms with E-state index in [-0.39, 0.29) is 6.61 Å². The molecule has 6 nitrogen and oxygen atoms in total. The van der Waals surface area contributed by atoms with Gasteiger partial charge in [-0.2, -0.15) is 0 Å². The molecule has 0 spiro atoms. The number of halogens is 1. The molecular formula is C22H27ClN4O2. The number of aromatic nitrogens is 2. The Morgan fingerprint density at radius 3 is 2.59 bits per heavy atom. The number of anilines is 1. The van der Waals surface area contributed by atoms with Crippen LogP contribution in [0.15, 0.2) is 36.7 Å². The maximum atomic E-state index is 9.80. The smallest absolute Gasteiger partial charge is 0.139 e. The first-order chi connectivity index (χ1) is 14.0. The van der Waals surface area contributed by atoms with E-state index in [9.17, 15) is 5.11 Å². The minimum atomic E-state index is -0.109. The Labute approximate surface area is 176 Å². The van der Waals surface area contributed by atoms with E-state index < -0.39 is 0 Å². The zero-order valence-corrected chi connectivity index (χ0v) is 17.9. The van der Waals surface area contributed by atoms with Gasteiger partial charge in [-0.15, -0.1) is 0 Å². The van der Waals surface area contributed by atoms with Crippen molar-refractivity contribution in [2.24, 2.45) is 0 Å². The number of hydrogen-bond donors (Lipinski definition) is 1. The predicted octanol–water partition coefficient (Wildman–Crippen LogP) is 3.69. The predicted molar refractivity (Wildman–Crippen MR) is 117 cm³/mol. The molecule has 0 aliphatic carbocycles. The van der Waals surface area contributed by atoms with E-state index in [0.29, 0.717) is 16.8 Å². The second-order valence-electron chi connectivity index (χ2n) is 7.70. The van der Waals surface area contributed by atoms with Crippen LogP contribution in [0.4, 0.5) is 5.69 Å². The van der Waals surface area contributed by atoms with Crippen molar-refractivity contribution >= 4 is 22.9 Å². The lowest BCUT2D eigenvalue weighted by Gasteiger charge is -2.38. The Hall–Kier alpha value is -2.28. The molecule has 3 heterocycles. The van der Waals surface area contributed by atoms with E-state index in [1.807, 2.05) is 16.8 Å². The number of piperazine rings is 1. The zero-order valence-electron chi connectivity index (χ0n) is 17.1. The highest BCUT2D eigenvalue weighted by Gasteiger charge is 2.20. The van der Waals surface area contributed by atoms with Crippen LogP contribution in [0, 0.1) is 0 Å². The summed E-state index contributed by atoms with van der Waals surface area (Å²) in [6, 6.07) is 8.42. The summed E-state index contributed by atoms with van der Waals surface area (Å²) in [5, 5.41) is 10.3. The highest BCUT2D eigenvalue weighted by Crippen LogP contribution is 2.34. The van der Waals surface area contributed by atoms with Gasteiger partial charge in [0.15, 0.2) is 0 Å². The third kappa shape index (κ3) is 3.92. The Morgan fingerprint density at radius 2 is 1.93 bits per heavy atom. The van der Waals surface area contributed by atoms with E-state index in [2.05, 4.69) is 35.8 Å². The minimum absolute atomic E-state index is 0.109. The lowest BCUT2D eigenvalue weighted by molar-refractivity contribution is 0.209. The van der Waals surface area contributed by atoms with Gasteiger partial charge in [0.1, 0.15) is 11.4 Å². The van der Waals surface area contributed by atoms with Gasteiger partial charge in [0.2, 0.25) is 0 Å². The summed E-state index contributed by atoms with van der Waals surface area (Å²) in [7, 11) is 1.56. The fraction of sp³-hybridized carbons (Fsp3) is 0.409. The van der Waals surface area contributed by atoms with Crippen LogP contribution in [-0.2, 0) is 6.61 Å². The number of hydrogen-bond acceptors (Lipinski definition) is 5. The number of methoxy groups -OCH3 is 1. The monoisotopic (exact) mass is 414 g/mol. The van der Waals surface area contributed by atoms with Crippen molar-refractivity contribution in [3.05, 3.63) is 47.2 Å². The van der Waals surface area contributed by atoms with E-state index in [4.69, 9.17) is 21.3 Å². The summed E-state index contributed by atoms with van der Waals surface area (Å²) in [5.74, 6) is 0.547. The number of benzene rings is 1. The van der Waals surface area contributed by atoms with Gasteiger partial charge in [0, 0.05) is 61.9 Å². The van der Waals surface area contributed by atoms with E-state index in [0.717, 1.165) is 48.6 Å². The molecular weight excluding hydrogens is 388 g/mol. The van der Waals surface area contributed by atoms with Crippen LogP contribution in [0.2, 0.25) is 5.02 Å². The quantitative estimate of drug-likeness (QED) is 0.690. The van der Waals surface area contributed by atoms with Crippen molar-refractivity contribution in [1.82, 2.24) is 14.3 Å². The molecule has 4 rings (SSSR count). The Kier molecular flexibility index (Phi) is 5.67. The number of aliphatic hydroxyl groups is 1. The highest BCUT2D eigenvalue weighted by atomic mass is 35.5. The van der Waals surface area contributed by atoms with Crippen LogP contribution in [0.3, 0.4) is 0 Å². The molecule has 2 aromatic heterocycles. The number of ether oxygens (including phenoxy) is 1. The summed E-state index contributed by atoms with van der Waals surface area (Å²) >= 11 is 6.32. The molecule has 1 aromatic carbocycles. The largest absolute Gasteiger partial charge is 0.495 e. The molecule has 0 bridgehead atoms. The lowest BCUT2D eigenvalue weighted by Crippen LogP contribution is -2.48. The standard InChI is InChI=1S/C22H27ClN4O2/c1-15(2)25-6-8-26(9-7-25)17-4-5-27-13-20(24-22(27)11-17)18-12-19(23)21(29-3)10-16(18)14-28/h4-5,10-13,15,28H,6-9,14H2,1-3H3. The average Bonchev–Trinajstić information content (AvgIpc) is 3.16. The topological polar surface area (TPSA) is 53.2 Å². The van der Waals surface area contributed by atoms with Crippen molar-refractivity contribution in [3.8, 4) is 17.0 Å². The van der Waals surface area contributed by atoms with Gasteiger partial charge in [0.05, 0.1) is 24.4 Å². The number of rotatable bonds is 5. The summed E-state index contributed by atoms with van der Waals surface area (Å²) in [6.45, 7) is 8.58. The lowest BCUT2D eigenvalue weighted by atomic mass is 10.1. The van der Waals surface area contributed by atoms with Gasteiger partial charge in [-0.1, -0.05) is 11.6 Å². The van der Waals surface area contributed by atoms with Crippen molar-refractivity contribution in [1.29, 1.82) is 0 Å². The van der Waals surface area contributed by atoms with Crippen LogP contribution in [0.5, 0.6) is 5.75 Å². The zero-order chi connectivity index (χ0) is 20.5. The van der Waals surface area contributed by atoms with E-state index in [1.54, 1.807) is 19.2 Å². The molecule has 0 saturated carbocycles. The van der Waals surface area contributed by atoms with Gasteiger partial charge in [-0.3, -0.25) is 4.90 Å². The molecule has 1 saturated heterocycles. The number of pyridine rings is 1. The van der Waals surface area contributed by atoms with Crippen LogP contribution >= 0.6 is 11.6 Å². The minimum Gasteiger partial charge on any atom is -0.495 e. The van der Waals surface area contributed by atoms with Gasteiger partial charge < -0.3 is 19.1 Å². The first-order valence-electron chi connectivity index (χ1n) is 9.95. The highest BCUT2D eigenvalue weighted by molar-refractivity contribution is 6.32. The van der Waals surface area contributed by atoms with Crippen molar-refractivity contribution in [2.75, 3.05) is 38.2 Å². The Bertz CT molecular complexity index is 1010. The fourth-order valence-electron chi connectivity index (χ4n) is 3.92. The molecule has 1 N–H and O–H groups in total. The Morgan fingerprint density at radius 1 is 1.17 bits per heavy atom. The fourth-order valence-corrected chi connectivity index (χ4v) is 4.16. The van der Waals surface area contributed by atoms with Gasteiger partial charge in [-0.05, 0) is 37.6 Å². The maximum absolute atomic E-state index is 9.80. The average molecular weight is 415 g/mol. The third-order valence-electron chi connectivity index (χ3n) is 5.68. The van der Waals surface area contributed by atoms with Gasteiger partial charge in [-0.25, -0.2) is 4.98 Å². The molecule has 1 aliphatic heterocycles. The van der Waals surface area contributed by atoms with Gasteiger partial charge in [0.25, 0.3) is 0 Å². The second kappa shape index (κ2) is 8.22. The molecule has 154 valence electrons. The number of fused-ring (bicyclic) bond motifs is 1. The summed E-state index contributed by atoms with van der Waals surface area (Å²) in [4.78, 5) is 9.72. The van der Waals surface area contributed by atoms with Crippen LogP contribution < -0.4 is 9.64 Å². The number of aliphatic hydroxyl groups excluding tert-OH is 1. The maximum Gasteiger partial charge on any atom is 0.139 e. The second-order valence-corrected chi connectivity index (χ2v) is 8.10. The van der Waals surface area contributed by atoms with Gasteiger partial charge >= 0.3 is 0 Å². The van der Waals surface area contributed by atoms with E-state index in [1.165, 1.54) is 5.69 Å². The van der Waals surface area contributed by atoms with Crippen molar-refractivity contribution < 1.29 is 9.84 Å². The third-order valence-corrected chi connectivity index (χ3v) is 5.97. The molecule has 1 fully saturated rings. The van der Waals surface area contributed by atoms with Crippen LogP contribution in [0.25, 0.3) is 16.9 Å². The Balaban J connectivity index is 1.64. The number of imidazole rings is 1. The van der Waals surface area contributed by atoms with E-state index >= 15 is 0 Å². The molecule has 3 aromatic rings. The van der Waals surface area contributed by atoms with Crippen molar-refractivity contribution in [2.45, 2.75) is 26.5 Å². The summed E-state index contributed by atoms with van der Waals surface area (Å²) < 4.78 is 7.27. The summed E-state index contributed by atoms with van der Waals surface area (Å²) in [6.07, 6.45) is 4.01. The molecule has 0 atom stereocenters. The molecule has 0 unspecified atom stereocenters. The molecule has 29 heavy (non-hydrogen) atoms. The normalized spacial score (nSPS) is 15.4. The van der Waals surface area contributed by atoms with Crippen LogP contribution in [-0.4, -0.2) is 58.7 Å². The first kappa shape index (κ1) is 20.0. The number of nitrogens with zero attached hydrogens (tertiary/aromatic N) is 4. The SMILES string of the molecule is COc1cc(CO)c(-c2cn3ccc(N4CCN(C(C)C)CC4)cc3n2)cc1Cl. The van der Waals surface area contributed by atoms with Crippen molar-refractivity contribution in [3.63, 3.8) is 0 Å². The first-order valence-corrected chi connectivity index (χ1v) is 10.3. The summed E-state index contributed by atoms with van der Waals surface area (Å²) in [5.41, 5.74) is 4.39.